The SMILES string of the molecule is CCc1nc(-c2ccc(CCNC(C)=O)c(F)c2)cs1. The third kappa shape index (κ3) is 3.63. The molecule has 0 radical (unpaired) electrons. The van der Waals surface area contributed by atoms with Crippen LogP contribution in [0.2, 0.25) is 0 Å². The molecular weight excluding hydrogens is 275 g/mol. The number of hydrogen-bond acceptors (Lipinski definition) is 3. The fraction of sp³-hybridized carbons (Fsp3) is 0.333. The zero-order valence-electron chi connectivity index (χ0n) is 11.6. The highest BCUT2D eigenvalue weighted by Crippen LogP contribution is 2.24. The van der Waals surface area contributed by atoms with Crippen LogP contribution in [-0.2, 0) is 17.6 Å². The quantitative estimate of drug-likeness (QED) is 0.919. The number of hydrogen-bond donors (Lipinski definition) is 1. The van der Waals surface area contributed by atoms with Gasteiger partial charge in [0.1, 0.15) is 5.82 Å². The van der Waals surface area contributed by atoms with Crippen LogP contribution in [0.4, 0.5) is 4.39 Å². The van der Waals surface area contributed by atoms with E-state index in [2.05, 4.69) is 10.3 Å². The first-order valence-electron chi connectivity index (χ1n) is 6.57. The summed E-state index contributed by atoms with van der Waals surface area (Å²) in [6.45, 7) is 3.95. The Morgan fingerprint density at radius 1 is 1.45 bits per heavy atom. The summed E-state index contributed by atoms with van der Waals surface area (Å²) in [4.78, 5) is 15.2. The molecule has 1 N–H and O–H groups in total. The van der Waals surface area contributed by atoms with Crippen LogP contribution in [0.3, 0.4) is 0 Å². The maximum absolute atomic E-state index is 14.0. The Hall–Kier alpha value is -1.75. The van der Waals surface area contributed by atoms with Crippen LogP contribution in [-0.4, -0.2) is 17.4 Å². The molecule has 106 valence electrons. The Bertz CT molecular complexity index is 610. The van der Waals surface area contributed by atoms with E-state index in [0.29, 0.717) is 18.5 Å². The molecule has 5 heteroatoms. The van der Waals surface area contributed by atoms with Gasteiger partial charge in [0, 0.05) is 24.4 Å². The second-order valence-corrected chi connectivity index (χ2v) is 5.46. The zero-order valence-corrected chi connectivity index (χ0v) is 12.4. The fourth-order valence-electron chi connectivity index (χ4n) is 1.89. The van der Waals surface area contributed by atoms with Crippen LogP contribution >= 0.6 is 11.3 Å². The zero-order chi connectivity index (χ0) is 14.5. The van der Waals surface area contributed by atoms with Gasteiger partial charge in [-0.15, -0.1) is 11.3 Å². The number of aryl methyl sites for hydroxylation is 1. The van der Waals surface area contributed by atoms with E-state index in [1.54, 1.807) is 17.4 Å². The lowest BCUT2D eigenvalue weighted by atomic mass is 10.1. The van der Waals surface area contributed by atoms with Crippen molar-refractivity contribution in [1.29, 1.82) is 0 Å². The molecule has 0 aliphatic rings. The Kier molecular flexibility index (Phi) is 4.84. The molecule has 20 heavy (non-hydrogen) atoms. The highest BCUT2D eigenvalue weighted by molar-refractivity contribution is 7.09. The molecular formula is C15H17FN2OS. The Balaban J connectivity index is 2.10. The average molecular weight is 292 g/mol. The number of benzene rings is 1. The van der Waals surface area contributed by atoms with Gasteiger partial charge >= 0.3 is 0 Å². The first-order chi connectivity index (χ1) is 9.60. The molecule has 1 aromatic carbocycles. The number of halogens is 1. The summed E-state index contributed by atoms with van der Waals surface area (Å²) in [6, 6.07) is 5.15. The number of aromatic nitrogens is 1. The van der Waals surface area contributed by atoms with E-state index >= 15 is 0 Å². The predicted octanol–water partition coefficient (Wildman–Crippen LogP) is 3.19. The van der Waals surface area contributed by atoms with Gasteiger partial charge in [-0.05, 0) is 24.5 Å². The van der Waals surface area contributed by atoms with Gasteiger partial charge in [0.2, 0.25) is 5.91 Å². The number of nitrogens with one attached hydrogen (secondary N) is 1. The monoisotopic (exact) mass is 292 g/mol. The second kappa shape index (κ2) is 6.61. The normalized spacial score (nSPS) is 10.6. The summed E-state index contributed by atoms with van der Waals surface area (Å²) in [5.41, 5.74) is 2.22. The summed E-state index contributed by atoms with van der Waals surface area (Å²) in [5.74, 6) is -0.351. The summed E-state index contributed by atoms with van der Waals surface area (Å²) >= 11 is 1.59. The topological polar surface area (TPSA) is 42.0 Å². The van der Waals surface area contributed by atoms with E-state index in [0.717, 1.165) is 22.7 Å². The van der Waals surface area contributed by atoms with E-state index in [1.807, 2.05) is 18.4 Å². The summed E-state index contributed by atoms with van der Waals surface area (Å²) < 4.78 is 14.0. The van der Waals surface area contributed by atoms with Crippen molar-refractivity contribution in [2.75, 3.05) is 6.54 Å². The Labute approximate surface area is 121 Å². The van der Waals surface area contributed by atoms with Crippen LogP contribution < -0.4 is 5.32 Å². The number of amides is 1. The van der Waals surface area contributed by atoms with E-state index < -0.39 is 0 Å². The number of nitrogens with zero attached hydrogens (tertiary/aromatic N) is 1. The maximum atomic E-state index is 14.0. The van der Waals surface area contributed by atoms with Gasteiger partial charge in [0.15, 0.2) is 0 Å². The van der Waals surface area contributed by atoms with E-state index in [9.17, 15) is 9.18 Å². The van der Waals surface area contributed by atoms with Gasteiger partial charge < -0.3 is 5.32 Å². The first kappa shape index (κ1) is 14.7. The fourth-order valence-corrected chi connectivity index (χ4v) is 2.64. The minimum atomic E-state index is -0.251. The third-order valence-electron chi connectivity index (χ3n) is 2.97. The van der Waals surface area contributed by atoms with Crippen LogP contribution in [0.15, 0.2) is 23.6 Å². The Morgan fingerprint density at radius 2 is 2.25 bits per heavy atom. The van der Waals surface area contributed by atoms with Gasteiger partial charge in [-0.3, -0.25) is 4.79 Å². The summed E-state index contributed by atoms with van der Waals surface area (Å²) in [7, 11) is 0. The molecule has 0 atom stereocenters. The lowest BCUT2D eigenvalue weighted by Gasteiger charge is -2.05. The molecule has 1 heterocycles. The molecule has 1 aromatic heterocycles. The van der Waals surface area contributed by atoms with Crippen molar-refractivity contribution < 1.29 is 9.18 Å². The van der Waals surface area contributed by atoms with Gasteiger partial charge in [-0.25, -0.2) is 9.37 Å². The lowest BCUT2D eigenvalue weighted by Crippen LogP contribution is -2.22. The standard InChI is InChI=1S/C15H17FN2OS/c1-3-15-18-14(9-20-15)12-5-4-11(13(16)8-12)6-7-17-10(2)19/h4-5,8-9H,3,6-7H2,1-2H3,(H,17,19). The molecule has 0 saturated carbocycles. The lowest BCUT2D eigenvalue weighted by molar-refractivity contribution is -0.118. The van der Waals surface area contributed by atoms with E-state index in [-0.39, 0.29) is 11.7 Å². The van der Waals surface area contributed by atoms with E-state index in [4.69, 9.17) is 0 Å². The Morgan fingerprint density at radius 3 is 2.85 bits per heavy atom. The average Bonchev–Trinajstić information content (AvgIpc) is 2.89. The largest absolute Gasteiger partial charge is 0.356 e. The second-order valence-electron chi connectivity index (χ2n) is 4.52. The van der Waals surface area contributed by atoms with Crippen LogP contribution in [0, 0.1) is 5.82 Å². The van der Waals surface area contributed by atoms with Gasteiger partial charge in [-0.2, -0.15) is 0 Å². The number of rotatable bonds is 5. The molecule has 2 rings (SSSR count). The molecule has 0 unspecified atom stereocenters. The molecule has 0 aliphatic carbocycles. The molecule has 0 spiro atoms. The highest BCUT2D eigenvalue weighted by atomic mass is 32.1. The van der Waals surface area contributed by atoms with Crippen LogP contribution in [0.25, 0.3) is 11.3 Å². The number of carbonyl (C=O) groups is 1. The minimum absolute atomic E-state index is 0.100. The van der Waals surface area contributed by atoms with Crippen molar-refractivity contribution in [2.45, 2.75) is 26.7 Å². The summed E-state index contributed by atoms with van der Waals surface area (Å²) in [6.07, 6.45) is 1.38. The van der Waals surface area contributed by atoms with Crippen molar-refractivity contribution in [2.24, 2.45) is 0 Å². The predicted molar refractivity (Wildman–Crippen MR) is 79.3 cm³/mol. The van der Waals surface area contributed by atoms with Gasteiger partial charge in [-0.1, -0.05) is 19.1 Å². The van der Waals surface area contributed by atoms with Crippen molar-refractivity contribution in [3.63, 3.8) is 0 Å². The van der Waals surface area contributed by atoms with Gasteiger partial charge in [0.05, 0.1) is 10.7 Å². The highest BCUT2D eigenvalue weighted by Gasteiger charge is 2.08. The molecule has 1 amide bonds. The maximum Gasteiger partial charge on any atom is 0.216 e. The van der Waals surface area contributed by atoms with Crippen LogP contribution in [0.5, 0.6) is 0 Å². The first-order valence-corrected chi connectivity index (χ1v) is 7.45. The molecule has 0 aliphatic heterocycles. The van der Waals surface area contributed by atoms with Crippen molar-refractivity contribution >= 4 is 17.2 Å². The molecule has 0 saturated heterocycles. The number of carbonyl (C=O) groups excluding carboxylic acids is 1. The molecule has 2 aromatic rings. The molecule has 3 nitrogen and oxygen atoms in total. The van der Waals surface area contributed by atoms with Crippen molar-refractivity contribution in [1.82, 2.24) is 10.3 Å². The minimum Gasteiger partial charge on any atom is -0.356 e. The van der Waals surface area contributed by atoms with Crippen molar-refractivity contribution in [3.05, 3.63) is 40.0 Å². The molecule has 0 fully saturated rings. The van der Waals surface area contributed by atoms with E-state index in [1.165, 1.54) is 13.0 Å². The summed E-state index contributed by atoms with van der Waals surface area (Å²) in [5, 5.41) is 5.66. The van der Waals surface area contributed by atoms with Gasteiger partial charge in [0.25, 0.3) is 0 Å². The molecule has 0 bridgehead atoms. The van der Waals surface area contributed by atoms with Crippen molar-refractivity contribution in [3.8, 4) is 11.3 Å². The van der Waals surface area contributed by atoms with Crippen LogP contribution in [0.1, 0.15) is 24.4 Å². The third-order valence-corrected chi connectivity index (χ3v) is 3.96. The number of thiazole rings is 1. The smallest absolute Gasteiger partial charge is 0.216 e.